The monoisotopic (exact) mass is 422 g/mol. The third-order valence-electron chi connectivity index (χ3n) is 6.86. The minimum Gasteiger partial charge on any atom is -0.353 e. The Kier molecular flexibility index (Phi) is 6.60. The van der Waals surface area contributed by atoms with Crippen LogP contribution in [0.2, 0.25) is 0 Å². The van der Waals surface area contributed by atoms with Crippen LogP contribution < -0.4 is 5.32 Å². The lowest BCUT2D eigenvalue weighted by molar-refractivity contribution is -0.122. The molecule has 0 saturated heterocycles. The van der Waals surface area contributed by atoms with Crippen molar-refractivity contribution in [1.82, 2.24) is 10.3 Å². The number of allylic oxidation sites excluding steroid dienone is 1. The smallest absolute Gasteiger partial charge is 0.220 e. The molecule has 1 aromatic heterocycles. The van der Waals surface area contributed by atoms with Crippen molar-refractivity contribution >= 4 is 12.0 Å². The molecule has 1 N–H and O–H groups in total. The van der Waals surface area contributed by atoms with E-state index in [0.29, 0.717) is 12.3 Å². The lowest BCUT2D eigenvalue weighted by Crippen LogP contribution is -2.38. The molecule has 0 spiro atoms. The van der Waals surface area contributed by atoms with Gasteiger partial charge in [0.1, 0.15) is 0 Å². The molecule has 2 aliphatic carbocycles. The SMILES string of the molecule is CC(C)(C)c1ccc(CCC(=O)NC2CCCC(c3nccc4c3C=CCC4)C2)cc1.[HH].[HH].[HH]. The Morgan fingerprint density at radius 3 is 2.74 bits per heavy atom. The number of aryl methyl sites for hydroxylation is 2. The summed E-state index contributed by atoms with van der Waals surface area (Å²) < 4.78 is 0. The lowest BCUT2D eigenvalue weighted by Gasteiger charge is -2.31. The van der Waals surface area contributed by atoms with Crippen LogP contribution in [0.25, 0.3) is 6.08 Å². The number of amides is 1. The molecule has 31 heavy (non-hydrogen) atoms. The molecule has 1 fully saturated rings. The summed E-state index contributed by atoms with van der Waals surface area (Å²) in [5.74, 6) is 0.621. The van der Waals surface area contributed by atoms with Gasteiger partial charge in [-0.2, -0.15) is 0 Å². The van der Waals surface area contributed by atoms with Gasteiger partial charge in [-0.25, -0.2) is 0 Å². The predicted molar refractivity (Wildman–Crippen MR) is 135 cm³/mol. The molecule has 2 aliphatic rings. The van der Waals surface area contributed by atoms with Crippen LogP contribution in [0.15, 0.2) is 42.6 Å². The summed E-state index contributed by atoms with van der Waals surface area (Å²) in [5.41, 5.74) is 6.74. The molecule has 3 heteroatoms. The van der Waals surface area contributed by atoms with E-state index in [4.69, 9.17) is 4.98 Å². The Hall–Kier alpha value is -2.42. The highest BCUT2D eigenvalue weighted by Crippen LogP contribution is 2.36. The number of nitrogens with zero attached hydrogens (tertiary/aromatic N) is 1. The molecular formula is C28H42N2O. The van der Waals surface area contributed by atoms with Crippen molar-refractivity contribution in [3.63, 3.8) is 0 Å². The van der Waals surface area contributed by atoms with Crippen molar-refractivity contribution in [1.29, 1.82) is 0 Å². The molecule has 1 saturated carbocycles. The van der Waals surface area contributed by atoms with E-state index in [1.165, 1.54) is 34.4 Å². The van der Waals surface area contributed by atoms with Crippen molar-refractivity contribution in [2.24, 2.45) is 0 Å². The second-order valence-electron chi connectivity index (χ2n) is 10.3. The van der Waals surface area contributed by atoms with Crippen molar-refractivity contribution in [2.75, 3.05) is 0 Å². The number of carbonyl (C=O) groups is 1. The number of rotatable bonds is 5. The van der Waals surface area contributed by atoms with Gasteiger partial charge in [-0.05, 0) is 72.3 Å². The summed E-state index contributed by atoms with van der Waals surface area (Å²) >= 11 is 0. The number of nitrogens with one attached hydrogen (secondary N) is 1. The summed E-state index contributed by atoms with van der Waals surface area (Å²) in [5, 5.41) is 3.32. The van der Waals surface area contributed by atoms with Crippen LogP contribution in [-0.4, -0.2) is 16.9 Å². The van der Waals surface area contributed by atoms with E-state index in [-0.39, 0.29) is 21.6 Å². The third-order valence-corrected chi connectivity index (χ3v) is 6.86. The van der Waals surface area contributed by atoms with Crippen LogP contribution in [0.5, 0.6) is 0 Å². The van der Waals surface area contributed by atoms with E-state index in [0.717, 1.165) is 38.5 Å². The first-order chi connectivity index (χ1) is 14.9. The zero-order chi connectivity index (χ0) is 21.8. The van der Waals surface area contributed by atoms with E-state index >= 15 is 0 Å². The average molecular weight is 423 g/mol. The summed E-state index contributed by atoms with van der Waals surface area (Å²) in [6.07, 6.45) is 14.5. The number of aromatic nitrogens is 1. The lowest BCUT2D eigenvalue weighted by atomic mass is 9.80. The first-order valence-electron chi connectivity index (χ1n) is 11.9. The molecule has 2 unspecified atom stereocenters. The maximum Gasteiger partial charge on any atom is 0.220 e. The van der Waals surface area contributed by atoms with E-state index in [9.17, 15) is 4.79 Å². The predicted octanol–water partition coefficient (Wildman–Crippen LogP) is 6.85. The topological polar surface area (TPSA) is 42.0 Å². The van der Waals surface area contributed by atoms with Gasteiger partial charge in [0.05, 0.1) is 5.69 Å². The number of pyridine rings is 1. The van der Waals surface area contributed by atoms with Gasteiger partial charge in [0.2, 0.25) is 5.91 Å². The Morgan fingerprint density at radius 1 is 1.16 bits per heavy atom. The Morgan fingerprint density at radius 2 is 1.97 bits per heavy atom. The molecular weight excluding hydrogens is 380 g/mol. The van der Waals surface area contributed by atoms with Crippen LogP contribution >= 0.6 is 0 Å². The van der Waals surface area contributed by atoms with Gasteiger partial charge in [0.25, 0.3) is 0 Å². The maximum absolute atomic E-state index is 12.6. The van der Waals surface area contributed by atoms with Gasteiger partial charge >= 0.3 is 0 Å². The maximum atomic E-state index is 12.6. The first-order valence-corrected chi connectivity index (χ1v) is 11.9. The molecule has 2 aromatic rings. The average Bonchev–Trinajstić information content (AvgIpc) is 2.77. The molecule has 0 bridgehead atoms. The Labute approximate surface area is 191 Å². The van der Waals surface area contributed by atoms with Crippen LogP contribution in [0.3, 0.4) is 0 Å². The molecule has 170 valence electrons. The van der Waals surface area contributed by atoms with E-state index in [2.05, 4.69) is 68.6 Å². The summed E-state index contributed by atoms with van der Waals surface area (Å²) in [6.45, 7) is 6.68. The van der Waals surface area contributed by atoms with Crippen molar-refractivity contribution in [2.45, 2.75) is 89.5 Å². The summed E-state index contributed by atoms with van der Waals surface area (Å²) in [4.78, 5) is 17.4. The quantitative estimate of drug-likeness (QED) is 0.572. The second kappa shape index (κ2) is 9.38. The number of benzene rings is 1. The molecule has 2 atom stereocenters. The second-order valence-corrected chi connectivity index (χ2v) is 10.3. The highest BCUT2D eigenvalue weighted by atomic mass is 16.1. The van der Waals surface area contributed by atoms with Crippen LogP contribution in [-0.2, 0) is 23.1 Å². The van der Waals surface area contributed by atoms with Gasteiger partial charge < -0.3 is 5.32 Å². The number of hydrogen-bond donors (Lipinski definition) is 1. The standard InChI is InChI=1S/C28H36N2O.3H2/c1-28(2,3)23-14-11-20(12-15-23)13-16-26(31)30-24-9-6-8-22(19-24)27-25-10-5-4-7-21(25)17-18-29-27;;;/h5,10-12,14-15,17-18,22,24H,4,6-9,13,16,19H2,1-3H3,(H,30,31);3*1H. The number of carbonyl (C=O) groups excluding carboxylic acids is 1. The number of fused-ring (bicyclic) bond motifs is 1. The van der Waals surface area contributed by atoms with Crippen LogP contribution in [0, 0.1) is 0 Å². The van der Waals surface area contributed by atoms with Gasteiger partial charge in [0.15, 0.2) is 0 Å². The Bertz CT molecular complexity index is 951. The van der Waals surface area contributed by atoms with E-state index in [1.54, 1.807) is 0 Å². The fourth-order valence-electron chi connectivity index (χ4n) is 5.01. The molecule has 0 radical (unpaired) electrons. The zero-order valence-corrected chi connectivity index (χ0v) is 19.3. The van der Waals surface area contributed by atoms with Crippen molar-refractivity contribution in [3.8, 4) is 0 Å². The van der Waals surface area contributed by atoms with E-state index in [1.807, 2.05) is 6.20 Å². The van der Waals surface area contributed by atoms with E-state index < -0.39 is 0 Å². The first kappa shape index (κ1) is 21.8. The van der Waals surface area contributed by atoms with Crippen LogP contribution in [0.1, 0.15) is 97.4 Å². The van der Waals surface area contributed by atoms with Crippen molar-refractivity contribution < 1.29 is 9.07 Å². The fourth-order valence-corrected chi connectivity index (χ4v) is 5.01. The molecule has 4 rings (SSSR count). The third kappa shape index (κ3) is 5.44. The summed E-state index contributed by atoms with van der Waals surface area (Å²) in [7, 11) is 0. The zero-order valence-electron chi connectivity index (χ0n) is 19.3. The largest absolute Gasteiger partial charge is 0.353 e. The molecule has 0 aliphatic heterocycles. The highest BCUT2D eigenvalue weighted by Gasteiger charge is 2.27. The number of hydrogen-bond acceptors (Lipinski definition) is 2. The minimum absolute atomic E-state index is 0. The minimum atomic E-state index is 0. The van der Waals surface area contributed by atoms with Gasteiger partial charge in [-0.3, -0.25) is 9.78 Å². The van der Waals surface area contributed by atoms with Gasteiger partial charge in [-0.1, -0.05) is 63.6 Å². The summed E-state index contributed by atoms with van der Waals surface area (Å²) in [6, 6.07) is 11.2. The normalized spacial score (nSPS) is 20.9. The molecule has 1 aromatic carbocycles. The van der Waals surface area contributed by atoms with Crippen molar-refractivity contribution in [3.05, 3.63) is 70.6 Å². The molecule has 1 heterocycles. The highest BCUT2D eigenvalue weighted by molar-refractivity contribution is 5.76. The fraction of sp³-hybridized carbons (Fsp3) is 0.500. The molecule has 1 amide bonds. The Balaban J connectivity index is 0.00000193. The van der Waals surface area contributed by atoms with Gasteiger partial charge in [0, 0.05) is 28.9 Å². The molecule has 3 nitrogen and oxygen atoms in total. The van der Waals surface area contributed by atoms with Gasteiger partial charge in [-0.15, -0.1) is 0 Å². The van der Waals surface area contributed by atoms with Crippen LogP contribution in [0.4, 0.5) is 0 Å².